The number of piperidine rings is 1. The van der Waals surface area contributed by atoms with Crippen LogP contribution in [0, 0.1) is 0 Å². The highest BCUT2D eigenvalue weighted by atomic mass is 19.4. The molecule has 100 valence electrons. The summed E-state index contributed by atoms with van der Waals surface area (Å²) in [4.78, 5) is 11.0. The first-order chi connectivity index (χ1) is 7.97. The van der Waals surface area contributed by atoms with Gasteiger partial charge in [0.05, 0.1) is 0 Å². The average Bonchev–Trinajstić information content (AvgIpc) is 2.27. The minimum absolute atomic E-state index is 0.367. The number of rotatable bonds is 4. The lowest BCUT2D eigenvalue weighted by atomic mass is 10.0. The van der Waals surface area contributed by atoms with Gasteiger partial charge < -0.3 is 16.0 Å². The molecular formula is C10H18F3N3O. The topological polar surface area (TPSA) is 53.2 Å². The minimum atomic E-state index is -4.36. The fraction of sp³-hybridized carbons (Fsp3) is 0.900. The zero-order chi connectivity index (χ0) is 12.7. The van der Waals surface area contributed by atoms with Gasteiger partial charge in [0.2, 0.25) is 0 Å². The summed E-state index contributed by atoms with van der Waals surface area (Å²) in [6.45, 7) is 0.0762. The van der Waals surface area contributed by atoms with Gasteiger partial charge in [-0.3, -0.25) is 0 Å². The summed E-state index contributed by atoms with van der Waals surface area (Å²) in [6.07, 6.45) is -0.221. The van der Waals surface area contributed by atoms with Crippen molar-refractivity contribution in [3.63, 3.8) is 0 Å². The van der Waals surface area contributed by atoms with Gasteiger partial charge in [0.15, 0.2) is 0 Å². The van der Waals surface area contributed by atoms with E-state index >= 15 is 0 Å². The van der Waals surface area contributed by atoms with E-state index in [4.69, 9.17) is 0 Å². The van der Waals surface area contributed by atoms with Crippen molar-refractivity contribution in [1.29, 1.82) is 0 Å². The Balaban J connectivity index is 2.03. The molecule has 0 aliphatic carbocycles. The number of carbonyl (C=O) groups excluding carboxylic acids is 1. The van der Waals surface area contributed by atoms with Crippen LogP contribution in [0.2, 0.25) is 0 Å². The van der Waals surface area contributed by atoms with Crippen LogP contribution in [0.25, 0.3) is 0 Å². The number of amides is 2. The molecular weight excluding hydrogens is 235 g/mol. The highest BCUT2D eigenvalue weighted by molar-refractivity contribution is 5.73. The fourth-order valence-electron chi connectivity index (χ4n) is 1.77. The van der Waals surface area contributed by atoms with Crippen molar-refractivity contribution in [2.45, 2.75) is 37.9 Å². The Labute approximate surface area is 98.3 Å². The second-order valence-electron chi connectivity index (χ2n) is 4.16. The highest BCUT2D eigenvalue weighted by Crippen LogP contribution is 2.12. The Bertz CT molecular complexity index is 239. The van der Waals surface area contributed by atoms with Gasteiger partial charge in [0, 0.05) is 12.6 Å². The molecule has 1 saturated heterocycles. The molecule has 17 heavy (non-hydrogen) atoms. The Hall–Kier alpha value is -0.980. The summed E-state index contributed by atoms with van der Waals surface area (Å²) in [6, 6.07) is -0.398. The SMILES string of the molecule is O=C(NCCC1CCCCN1)NCC(F)(F)F. The molecule has 4 nitrogen and oxygen atoms in total. The van der Waals surface area contributed by atoms with E-state index in [2.05, 4.69) is 10.6 Å². The summed E-state index contributed by atoms with van der Waals surface area (Å²) in [5.74, 6) is 0. The van der Waals surface area contributed by atoms with Crippen molar-refractivity contribution in [3.8, 4) is 0 Å². The Morgan fingerprint density at radius 1 is 1.29 bits per heavy atom. The molecule has 0 saturated carbocycles. The lowest BCUT2D eigenvalue weighted by Crippen LogP contribution is -2.43. The largest absolute Gasteiger partial charge is 0.405 e. The van der Waals surface area contributed by atoms with Gasteiger partial charge >= 0.3 is 12.2 Å². The van der Waals surface area contributed by atoms with Crippen molar-refractivity contribution in [1.82, 2.24) is 16.0 Å². The molecule has 0 bridgehead atoms. The van der Waals surface area contributed by atoms with Gasteiger partial charge in [0.1, 0.15) is 6.54 Å². The van der Waals surface area contributed by atoms with Crippen LogP contribution in [0.5, 0.6) is 0 Å². The van der Waals surface area contributed by atoms with E-state index < -0.39 is 18.8 Å². The molecule has 1 atom stereocenters. The van der Waals surface area contributed by atoms with E-state index in [9.17, 15) is 18.0 Å². The number of hydrogen-bond donors (Lipinski definition) is 3. The maximum Gasteiger partial charge on any atom is 0.405 e. The molecule has 0 radical (unpaired) electrons. The lowest BCUT2D eigenvalue weighted by Gasteiger charge is -2.23. The molecule has 0 spiro atoms. The highest BCUT2D eigenvalue weighted by Gasteiger charge is 2.27. The van der Waals surface area contributed by atoms with E-state index in [1.807, 2.05) is 0 Å². The smallest absolute Gasteiger partial charge is 0.338 e. The second-order valence-corrected chi connectivity index (χ2v) is 4.16. The normalized spacial score (nSPS) is 21.0. The predicted octanol–water partition coefficient (Wildman–Crippen LogP) is 1.38. The number of urea groups is 1. The molecule has 0 aromatic rings. The number of alkyl halides is 3. The molecule has 3 N–H and O–H groups in total. The van der Waals surface area contributed by atoms with Gasteiger partial charge in [-0.25, -0.2) is 4.79 Å². The molecule has 1 aliphatic rings. The summed E-state index contributed by atoms with van der Waals surface area (Å²) < 4.78 is 35.3. The first-order valence-electron chi connectivity index (χ1n) is 5.79. The molecule has 1 aliphatic heterocycles. The Morgan fingerprint density at radius 3 is 2.65 bits per heavy atom. The molecule has 1 rings (SSSR count). The molecule has 0 aromatic carbocycles. The fourth-order valence-corrected chi connectivity index (χ4v) is 1.77. The van der Waals surface area contributed by atoms with Crippen LogP contribution in [0.3, 0.4) is 0 Å². The van der Waals surface area contributed by atoms with Crippen LogP contribution >= 0.6 is 0 Å². The molecule has 0 aromatic heterocycles. The van der Waals surface area contributed by atoms with Crippen LogP contribution in [-0.2, 0) is 0 Å². The first-order valence-corrected chi connectivity index (χ1v) is 5.79. The van der Waals surface area contributed by atoms with Crippen LogP contribution in [0.4, 0.5) is 18.0 Å². The molecule has 2 amide bonds. The third-order valence-electron chi connectivity index (χ3n) is 2.64. The van der Waals surface area contributed by atoms with Crippen LogP contribution in [0.15, 0.2) is 0 Å². The summed E-state index contributed by atoms with van der Waals surface area (Å²) in [5.41, 5.74) is 0. The van der Waals surface area contributed by atoms with Crippen LogP contribution in [-0.4, -0.2) is 37.9 Å². The maximum atomic E-state index is 11.8. The predicted molar refractivity (Wildman–Crippen MR) is 57.7 cm³/mol. The standard InChI is InChI=1S/C10H18F3N3O/c11-10(12,13)7-16-9(17)15-6-4-8-3-1-2-5-14-8/h8,14H,1-7H2,(H2,15,16,17). The van der Waals surface area contributed by atoms with Gasteiger partial charge in [-0.2, -0.15) is 13.2 Å². The first kappa shape index (κ1) is 14.1. The third-order valence-corrected chi connectivity index (χ3v) is 2.64. The number of nitrogens with one attached hydrogen (secondary N) is 3. The van der Waals surface area contributed by atoms with Gasteiger partial charge in [-0.1, -0.05) is 6.42 Å². The van der Waals surface area contributed by atoms with Crippen molar-refractivity contribution in [3.05, 3.63) is 0 Å². The quantitative estimate of drug-likeness (QED) is 0.709. The van der Waals surface area contributed by atoms with Crippen molar-refractivity contribution < 1.29 is 18.0 Å². The van der Waals surface area contributed by atoms with Crippen molar-refractivity contribution in [2.75, 3.05) is 19.6 Å². The Kier molecular flexibility index (Phi) is 5.54. The second kappa shape index (κ2) is 6.68. The van der Waals surface area contributed by atoms with Crippen molar-refractivity contribution in [2.24, 2.45) is 0 Å². The van der Waals surface area contributed by atoms with Crippen LogP contribution < -0.4 is 16.0 Å². The van der Waals surface area contributed by atoms with Crippen LogP contribution in [0.1, 0.15) is 25.7 Å². The molecule has 7 heteroatoms. The minimum Gasteiger partial charge on any atom is -0.338 e. The number of carbonyl (C=O) groups is 1. The maximum absolute atomic E-state index is 11.8. The molecule has 1 heterocycles. The van der Waals surface area contributed by atoms with Gasteiger partial charge in [-0.15, -0.1) is 0 Å². The lowest BCUT2D eigenvalue weighted by molar-refractivity contribution is -0.122. The summed E-state index contributed by atoms with van der Waals surface area (Å²) in [5, 5.41) is 7.47. The monoisotopic (exact) mass is 253 g/mol. The average molecular weight is 253 g/mol. The van der Waals surface area contributed by atoms with E-state index in [0.29, 0.717) is 12.6 Å². The molecule has 1 fully saturated rings. The zero-order valence-electron chi connectivity index (χ0n) is 9.57. The molecule has 1 unspecified atom stereocenters. The number of halogens is 3. The van der Waals surface area contributed by atoms with E-state index in [-0.39, 0.29) is 0 Å². The number of hydrogen-bond acceptors (Lipinski definition) is 2. The van der Waals surface area contributed by atoms with E-state index in [1.165, 1.54) is 0 Å². The summed E-state index contributed by atoms with van der Waals surface area (Å²) in [7, 11) is 0. The van der Waals surface area contributed by atoms with E-state index in [1.54, 1.807) is 5.32 Å². The third kappa shape index (κ3) is 7.04. The Morgan fingerprint density at radius 2 is 2.06 bits per heavy atom. The van der Waals surface area contributed by atoms with E-state index in [0.717, 1.165) is 32.2 Å². The van der Waals surface area contributed by atoms with Crippen molar-refractivity contribution >= 4 is 6.03 Å². The van der Waals surface area contributed by atoms with Gasteiger partial charge in [0.25, 0.3) is 0 Å². The zero-order valence-corrected chi connectivity index (χ0v) is 9.57. The van der Waals surface area contributed by atoms with Gasteiger partial charge in [-0.05, 0) is 25.8 Å². The summed E-state index contributed by atoms with van der Waals surface area (Å²) >= 11 is 0.